The highest BCUT2D eigenvalue weighted by Crippen LogP contribution is 2.28. The average molecular weight is 339 g/mol. The summed E-state index contributed by atoms with van der Waals surface area (Å²) in [5.74, 6) is 0.559. The minimum Gasteiger partial charge on any atom is -0.504 e. The maximum Gasteiger partial charge on any atom is 0.234 e. The topological polar surface area (TPSA) is 90.9 Å². The number of hydrogen-bond acceptors (Lipinski definition) is 6. The van der Waals surface area contributed by atoms with Crippen molar-refractivity contribution in [2.24, 2.45) is 0 Å². The van der Waals surface area contributed by atoms with Crippen LogP contribution in [0.2, 0.25) is 0 Å². The van der Waals surface area contributed by atoms with Crippen molar-refractivity contribution in [1.82, 2.24) is 10.2 Å². The molecule has 0 aliphatic carbocycles. The average Bonchev–Trinajstić information content (AvgIpc) is 2.93. The molecule has 126 valence electrons. The number of phenolic OH excluding ortho intramolecular Hbond substituents is 1. The lowest BCUT2D eigenvalue weighted by molar-refractivity contribution is -0.128. The van der Waals surface area contributed by atoms with Gasteiger partial charge in [-0.15, -0.1) is 11.8 Å². The van der Waals surface area contributed by atoms with Gasteiger partial charge in [0.2, 0.25) is 11.8 Å². The van der Waals surface area contributed by atoms with Crippen LogP contribution in [-0.4, -0.2) is 59.7 Å². The molecule has 1 aliphatic rings. The molecule has 1 fully saturated rings. The van der Waals surface area contributed by atoms with E-state index < -0.39 is 0 Å². The lowest BCUT2D eigenvalue weighted by atomic mass is 10.3. The number of ether oxygens (including phenoxy) is 1. The first kappa shape index (κ1) is 17.4. The Balaban J connectivity index is 1.75. The normalized spacial score (nSPS) is 17.1. The molecule has 1 unspecified atom stereocenters. The second-order valence-corrected chi connectivity index (χ2v) is 6.13. The number of amides is 2. The third kappa shape index (κ3) is 4.77. The molecule has 8 heteroatoms. The van der Waals surface area contributed by atoms with Gasteiger partial charge >= 0.3 is 0 Å². The van der Waals surface area contributed by atoms with Gasteiger partial charge in [-0.3, -0.25) is 14.9 Å². The lowest BCUT2D eigenvalue weighted by Crippen LogP contribution is -2.38. The number of aromatic hydroxyl groups is 1. The number of carbonyl (C=O) groups is 2. The number of nitrogens with zero attached hydrogens (tertiary/aromatic N) is 1. The number of rotatable bonds is 6. The first-order valence-corrected chi connectivity index (χ1v) is 8.44. The van der Waals surface area contributed by atoms with E-state index in [1.807, 2.05) is 6.92 Å². The van der Waals surface area contributed by atoms with Gasteiger partial charge in [-0.05, 0) is 19.1 Å². The summed E-state index contributed by atoms with van der Waals surface area (Å²) >= 11 is 1.27. The third-order valence-electron chi connectivity index (χ3n) is 3.50. The van der Waals surface area contributed by atoms with Crippen LogP contribution in [0.4, 0.5) is 5.69 Å². The SMILES string of the molecule is COc1ccc(NC(=O)CSCC(=O)N2CCNC2C)cc1O. The number of methoxy groups -OCH3 is 1. The fourth-order valence-electron chi connectivity index (χ4n) is 2.32. The quantitative estimate of drug-likeness (QED) is 0.712. The van der Waals surface area contributed by atoms with Crippen molar-refractivity contribution in [1.29, 1.82) is 0 Å². The molecular weight excluding hydrogens is 318 g/mol. The molecule has 2 amide bonds. The summed E-state index contributed by atoms with van der Waals surface area (Å²) in [6.07, 6.45) is 0.0548. The molecule has 0 saturated carbocycles. The van der Waals surface area contributed by atoms with Crippen LogP contribution >= 0.6 is 11.8 Å². The van der Waals surface area contributed by atoms with Gasteiger partial charge in [0.25, 0.3) is 0 Å². The first-order chi connectivity index (χ1) is 11.0. The Bertz CT molecular complexity index is 582. The fourth-order valence-corrected chi connectivity index (χ4v) is 3.02. The van der Waals surface area contributed by atoms with Crippen LogP contribution in [0.15, 0.2) is 18.2 Å². The van der Waals surface area contributed by atoms with Gasteiger partial charge in [-0.2, -0.15) is 0 Å². The van der Waals surface area contributed by atoms with Crippen molar-refractivity contribution < 1.29 is 19.4 Å². The van der Waals surface area contributed by atoms with Crippen LogP contribution in [0, 0.1) is 0 Å². The lowest BCUT2D eigenvalue weighted by Gasteiger charge is -2.20. The van der Waals surface area contributed by atoms with E-state index in [0.717, 1.165) is 6.54 Å². The molecule has 0 radical (unpaired) electrons. The van der Waals surface area contributed by atoms with Crippen LogP contribution in [0.1, 0.15) is 6.92 Å². The molecule has 1 atom stereocenters. The summed E-state index contributed by atoms with van der Waals surface area (Å²) in [5.41, 5.74) is 0.484. The fraction of sp³-hybridized carbons (Fsp3) is 0.467. The first-order valence-electron chi connectivity index (χ1n) is 7.28. The van der Waals surface area contributed by atoms with Gasteiger partial charge in [0, 0.05) is 24.8 Å². The minimum atomic E-state index is -0.222. The third-order valence-corrected chi connectivity index (χ3v) is 4.42. The summed E-state index contributed by atoms with van der Waals surface area (Å²) in [6, 6.07) is 4.64. The van der Waals surface area contributed by atoms with Crippen LogP contribution in [-0.2, 0) is 9.59 Å². The van der Waals surface area contributed by atoms with Crippen molar-refractivity contribution in [3.8, 4) is 11.5 Å². The zero-order chi connectivity index (χ0) is 16.8. The molecular formula is C15H21N3O4S. The Morgan fingerprint density at radius 1 is 1.48 bits per heavy atom. The van der Waals surface area contributed by atoms with E-state index in [4.69, 9.17) is 4.74 Å². The predicted molar refractivity (Wildman–Crippen MR) is 89.8 cm³/mol. The molecule has 23 heavy (non-hydrogen) atoms. The smallest absolute Gasteiger partial charge is 0.234 e. The molecule has 1 saturated heterocycles. The minimum absolute atomic E-state index is 0.0300. The zero-order valence-corrected chi connectivity index (χ0v) is 14.0. The van der Waals surface area contributed by atoms with Gasteiger partial charge in [-0.1, -0.05) is 0 Å². The maximum absolute atomic E-state index is 12.0. The molecule has 3 N–H and O–H groups in total. The molecule has 7 nitrogen and oxygen atoms in total. The summed E-state index contributed by atoms with van der Waals surface area (Å²) in [4.78, 5) is 25.6. The predicted octanol–water partition coefficient (Wildman–Crippen LogP) is 0.850. The van der Waals surface area contributed by atoms with Crippen molar-refractivity contribution in [3.63, 3.8) is 0 Å². The highest BCUT2D eigenvalue weighted by Gasteiger charge is 2.24. The van der Waals surface area contributed by atoms with Gasteiger partial charge in [-0.25, -0.2) is 0 Å². The molecule has 0 aromatic heterocycles. The summed E-state index contributed by atoms with van der Waals surface area (Å²) < 4.78 is 4.94. The largest absolute Gasteiger partial charge is 0.504 e. The number of anilines is 1. The Kier molecular flexibility index (Phi) is 6.12. The van der Waals surface area contributed by atoms with Crippen molar-refractivity contribution >= 4 is 29.3 Å². The van der Waals surface area contributed by atoms with Crippen LogP contribution in [0.25, 0.3) is 0 Å². The number of benzene rings is 1. The van der Waals surface area contributed by atoms with Gasteiger partial charge in [0.05, 0.1) is 24.8 Å². The van der Waals surface area contributed by atoms with Gasteiger partial charge in [0.15, 0.2) is 11.5 Å². The standard InChI is InChI=1S/C15H21N3O4S/c1-10-16-5-6-18(10)15(21)9-23-8-14(20)17-11-3-4-13(22-2)12(19)7-11/h3-4,7,10,16,19H,5-6,8-9H2,1-2H3,(H,17,20). The van der Waals surface area contributed by atoms with Gasteiger partial charge in [0.1, 0.15) is 0 Å². The summed E-state index contributed by atoms with van der Waals surface area (Å²) in [6.45, 7) is 3.45. The number of nitrogens with one attached hydrogen (secondary N) is 2. The number of thioether (sulfide) groups is 1. The highest BCUT2D eigenvalue weighted by atomic mass is 32.2. The number of carbonyl (C=O) groups excluding carboxylic acids is 2. The summed E-state index contributed by atoms with van der Waals surface area (Å²) in [7, 11) is 1.46. The zero-order valence-electron chi connectivity index (χ0n) is 13.2. The Hall–Kier alpha value is -1.93. The highest BCUT2D eigenvalue weighted by molar-refractivity contribution is 8.00. The van der Waals surface area contributed by atoms with Crippen LogP contribution < -0.4 is 15.4 Å². The van der Waals surface area contributed by atoms with Crippen molar-refractivity contribution in [2.45, 2.75) is 13.1 Å². The van der Waals surface area contributed by atoms with E-state index in [9.17, 15) is 14.7 Å². The van der Waals surface area contributed by atoms with E-state index in [2.05, 4.69) is 10.6 Å². The molecule has 1 aromatic rings. The monoisotopic (exact) mass is 339 g/mol. The maximum atomic E-state index is 12.0. The Labute approximate surface area is 139 Å². The second-order valence-electron chi connectivity index (χ2n) is 5.14. The number of hydrogen-bond donors (Lipinski definition) is 3. The van der Waals surface area contributed by atoms with Gasteiger partial charge < -0.3 is 20.1 Å². The molecule has 1 aromatic carbocycles. The Morgan fingerprint density at radius 2 is 2.26 bits per heavy atom. The molecule has 0 bridgehead atoms. The summed E-state index contributed by atoms with van der Waals surface area (Å²) in [5, 5.41) is 15.5. The molecule has 0 spiro atoms. The van der Waals surface area contributed by atoms with E-state index in [1.54, 1.807) is 17.0 Å². The van der Waals surface area contributed by atoms with E-state index in [0.29, 0.717) is 18.0 Å². The van der Waals surface area contributed by atoms with E-state index in [-0.39, 0.29) is 35.2 Å². The van der Waals surface area contributed by atoms with Crippen molar-refractivity contribution in [2.75, 3.05) is 37.0 Å². The van der Waals surface area contributed by atoms with E-state index >= 15 is 0 Å². The second kappa shape index (κ2) is 8.07. The number of phenols is 1. The van der Waals surface area contributed by atoms with Crippen LogP contribution in [0.3, 0.4) is 0 Å². The van der Waals surface area contributed by atoms with Crippen LogP contribution in [0.5, 0.6) is 11.5 Å². The van der Waals surface area contributed by atoms with Crippen molar-refractivity contribution in [3.05, 3.63) is 18.2 Å². The molecule has 1 aliphatic heterocycles. The molecule has 1 heterocycles. The van der Waals surface area contributed by atoms with E-state index in [1.165, 1.54) is 24.9 Å². The molecule has 2 rings (SSSR count). The Morgan fingerprint density at radius 3 is 2.87 bits per heavy atom.